The second kappa shape index (κ2) is 10.8. The van der Waals surface area contributed by atoms with E-state index in [4.69, 9.17) is 9.47 Å². The molecule has 2 N–H and O–H groups in total. The molecule has 2 aromatic carbocycles. The third-order valence-corrected chi connectivity index (χ3v) is 5.05. The highest BCUT2D eigenvalue weighted by molar-refractivity contribution is 5.99. The van der Waals surface area contributed by atoms with Crippen LogP contribution in [0.15, 0.2) is 47.6 Å². The third-order valence-electron chi connectivity index (χ3n) is 5.05. The molecule has 7 nitrogen and oxygen atoms in total. The number of hydrogen-bond acceptors (Lipinski definition) is 6. The SMILES string of the molecule is COc1ccc(/C(C)=N\NC(=O)CNc2ccc(C)cc2)cc1CN1CCOCC1. The van der Waals surface area contributed by atoms with Crippen LogP contribution in [-0.4, -0.2) is 56.5 Å². The Morgan fingerprint density at radius 2 is 1.90 bits per heavy atom. The summed E-state index contributed by atoms with van der Waals surface area (Å²) >= 11 is 0. The quantitative estimate of drug-likeness (QED) is 0.517. The Bertz CT molecular complexity index is 875. The van der Waals surface area contributed by atoms with Gasteiger partial charge in [-0.25, -0.2) is 5.43 Å². The largest absolute Gasteiger partial charge is 0.496 e. The average Bonchev–Trinajstić information content (AvgIpc) is 2.77. The lowest BCUT2D eigenvalue weighted by Crippen LogP contribution is -2.35. The first-order chi connectivity index (χ1) is 14.5. The van der Waals surface area contributed by atoms with Crippen molar-refractivity contribution in [2.45, 2.75) is 20.4 Å². The number of carbonyl (C=O) groups is 1. The molecule has 3 rings (SSSR count). The van der Waals surface area contributed by atoms with Crippen molar-refractivity contribution in [1.29, 1.82) is 0 Å². The Labute approximate surface area is 178 Å². The number of morpholine rings is 1. The summed E-state index contributed by atoms with van der Waals surface area (Å²) in [6, 6.07) is 13.9. The molecule has 1 amide bonds. The zero-order chi connectivity index (χ0) is 21.3. The number of benzene rings is 2. The fourth-order valence-electron chi connectivity index (χ4n) is 3.23. The maximum absolute atomic E-state index is 12.1. The summed E-state index contributed by atoms with van der Waals surface area (Å²) in [6.45, 7) is 8.18. The van der Waals surface area contributed by atoms with E-state index in [-0.39, 0.29) is 12.5 Å². The summed E-state index contributed by atoms with van der Waals surface area (Å²) in [4.78, 5) is 14.5. The maximum atomic E-state index is 12.1. The summed E-state index contributed by atoms with van der Waals surface area (Å²) in [5.74, 6) is 0.654. The minimum atomic E-state index is -0.197. The molecule has 160 valence electrons. The number of rotatable bonds is 8. The third kappa shape index (κ3) is 6.30. The number of nitrogens with zero attached hydrogens (tertiary/aromatic N) is 2. The van der Waals surface area contributed by atoms with E-state index >= 15 is 0 Å². The van der Waals surface area contributed by atoms with E-state index in [1.165, 1.54) is 5.56 Å². The van der Waals surface area contributed by atoms with Crippen molar-refractivity contribution in [3.63, 3.8) is 0 Å². The van der Waals surface area contributed by atoms with Crippen LogP contribution in [0.5, 0.6) is 5.75 Å². The second-order valence-electron chi connectivity index (χ2n) is 7.37. The normalized spacial score (nSPS) is 15.0. The molecule has 1 saturated heterocycles. The van der Waals surface area contributed by atoms with E-state index < -0.39 is 0 Å². The van der Waals surface area contributed by atoms with Crippen LogP contribution in [-0.2, 0) is 16.1 Å². The van der Waals surface area contributed by atoms with E-state index in [1.54, 1.807) is 7.11 Å². The molecule has 1 aliphatic heterocycles. The number of methoxy groups -OCH3 is 1. The lowest BCUT2D eigenvalue weighted by molar-refractivity contribution is -0.119. The van der Waals surface area contributed by atoms with Gasteiger partial charge >= 0.3 is 0 Å². The first kappa shape index (κ1) is 21.8. The summed E-state index contributed by atoms with van der Waals surface area (Å²) in [5.41, 5.74) is 7.49. The van der Waals surface area contributed by atoms with E-state index in [1.807, 2.05) is 50.2 Å². The lowest BCUT2D eigenvalue weighted by Gasteiger charge is -2.27. The molecule has 7 heteroatoms. The summed E-state index contributed by atoms with van der Waals surface area (Å²) in [7, 11) is 1.68. The van der Waals surface area contributed by atoms with E-state index in [0.29, 0.717) is 0 Å². The highest BCUT2D eigenvalue weighted by Gasteiger charge is 2.14. The topological polar surface area (TPSA) is 75.2 Å². The van der Waals surface area contributed by atoms with Crippen molar-refractivity contribution in [1.82, 2.24) is 10.3 Å². The smallest absolute Gasteiger partial charge is 0.259 e. The Balaban J connectivity index is 1.59. The maximum Gasteiger partial charge on any atom is 0.259 e. The first-order valence-electron chi connectivity index (χ1n) is 10.2. The first-order valence-corrected chi connectivity index (χ1v) is 10.2. The van der Waals surface area contributed by atoms with Crippen LogP contribution >= 0.6 is 0 Å². The number of aryl methyl sites for hydroxylation is 1. The number of carbonyl (C=O) groups excluding carboxylic acids is 1. The fraction of sp³-hybridized carbons (Fsp3) is 0.391. The number of anilines is 1. The Hall–Kier alpha value is -2.90. The molecule has 30 heavy (non-hydrogen) atoms. The van der Waals surface area contributed by atoms with Crippen LogP contribution in [0, 0.1) is 6.92 Å². The summed E-state index contributed by atoms with van der Waals surface area (Å²) < 4.78 is 11.0. The van der Waals surface area contributed by atoms with Gasteiger partial charge in [-0.3, -0.25) is 9.69 Å². The van der Waals surface area contributed by atoms with Gasteiger partial charge in [-0.15, -0.1) is 0 Å². The Morgan fingerprint density at radius 1 is 1.17 bits per heavy atom. The van der Waals surface area contributed by atoms with Crippen LogP contribution in [0.4, 0.5) is 5.69 Å². The number of hydrazone groups is 1. The lowest BCUT2D eigenvalue weighted by atomic mass is 10.1. The molecular weight excluding hydrogens is 380 g/mol. The van der Waals surface area contributed by atoms with E-state index in [0.717, 1.165) is 61.1 Å². The average molecular weight is 411 g/mol. The van der Waals surface area contributed by atoms with Crippen LogP contribution in [0.1, 0.15) is 23.6 Å². The summed E-state index contributed by atoms with van der Waals surface area (Å²) in [6.07, 6.45) is 0. The molecule has 0 aromatic heterocycles. The number of nitrogens with one attached hydrogen (secondary N) is 2. The van der Waals surface area contributed by atoms with Gasteiger partial charge in [0.1, 0.15) is 5.75 Å². The highest BCUT2D eigenvalue weighted by Crippen LogP contribution is 2.22. The predicted molar refractivity (Wildman–Crippen MR) is 119 cm³/mol. The molecule has 0 atom stereocenters. The van der Waals surface area contributed by atoms with Gasteiger partial charge in [0.15, 0.2) is 0 Å². The van der Waals surface area contributed by atoms with Gasteiger partial charge in [0, 0.05) is 30.9 Å². The van der Waals surface area contributed by atoms with Gasteiger partial charge in [0.05, 0.1) is 32.6 Å². The molecule has 1 aliphatic rings. The molecule has 0 saturated carbocycles. The van der Waals surface area contributed by atoms with Crippen molar-refractivity contribution in [3.8, 4) is 5.75 Å². The van der Waals surface area contributed by atoms with Crippen molar-refractivity contribution in [2.24, 2.45) is 5.10 Å². The molecule has 0 unspecified atom stereocenters. The van der Waals surface area contributed by atoms with Crippen molar-refractivity contribution < 1.29 is 14.3 Å². The molecule has 2 aromatic rings. The Kier molecular flexibility index (Phi) is 7.82. The predicted octanol–water partition coefficient (Wildman–Crippen LogP) is 2.79. The fourth-order valence-corrected chi connectivity index (χ4v) is 3.23. The highest BCUT2D eigenvalue weighted by atomic mass is 16.5. The van der Waals surface area contributed by atoms with Crippen LogP contribution in [0.3, 0.4) is 0 Å². The van der Waals surface area contributed by atoms with Gasteiger partial charge in [-0.2, -0.15) is 5.10 Å². The number of hydrogen-bond donors (Lipinski definition) is 2. The molecular formula is C23H30N4O3. The second-order valence-corrected chi connectivity index (χ2v) is 7.37. The zero-order valence-corrected chi connectivity index (χ0v) is 17.9. The van der Waals surface area contributed by atoms with E-state index in [9.17, 15) is 4.79 Å². The molecule has 1 heterocycles. The summed E-state index contributed by atoms with van der Waals surface area (Å²) in [5, 5.41) is 7.36. The molecule has 0 aliphatic carbocycles. The monoisotopic (exact) mass is 410 g/mol. The van der Waals surface area contributed by atoms with Gasteiger partial charge < -0.3 is 14.8 Å². The minimum absolute atomic E-state index is 0.157. The molecule has 0 bridgehead atoms. The van der Waals surface area contributed by atoms with Crippen LogP contribution in [0.25, 0.3) is 0 Å². The van der Waals surface area contributed by atoms with Gasteiger partial charge in [0.25, 0.3) is 5.91 Å². The van der Waals surface area contributed by atoms with Crippen molar-refractivity contribution in [3.05, 3.63) is 59.2 Å². The van der Waals surface area contributed by atoms with Gasteiger partial charge in [0.2, 0.25) is 0 Å². The van der Waals surface area contributed by atoms with E-state index in [2.05, 4.69) is 26.8 Å². The Morgan fingerprint density at radius 3 is 2.60 bits per heavy atom. The number of amides is 1. The minimum Gasteiger partial charge on any atom is -0.496 e. The number of ether oxygens (including phenoxy) is 2. The van der Waals surface area contributed by atoms with Gasteiger partial charge in [-0.05, 0) is 49.7 Å². The molecule has 0 spiro atoms. The van der Waals surface area contributed by atoms with Crippen molar-refractivity contribution in [2.75, 3.05) is 45.3 Å². The van der Waals surface area contributed by atoms with Crippen molar-refractivity contribution >= 4 is 17.3 Å². The zero-order valence-electron chi connectivity index (χ0n) is 17.9. The molecule has 1 fully saturated rings. The standard InChI is InChI=1S/C23H30N4O3/c1-17-4-7-21(8-5-17)24-15-23(28)26-25-18(2)19-6-9-22(29-3)20(14-19)16-27-10-12-30-13-11-27/h4-9,14,24H,10-13,15-16H2,1-3H3,(H,26,28)/b25-18-. The van der Waals surface area contributed by atoms with Crippen LogP contribution in [0.2, 0.25) is 0 Å². The van der Waals surface area contributed by atoms with Crippen LogP contribution < -0.4 is 15.5 Å². The van der Waals surface area contributed by atoms with Gasteiger partial charge in [-0.1, -0.05) is 17.7 Å². The molecule has 0 radical (unpaired) electrons.